The number of benzene rings is 2. The minimum atomic E-state index is -0.325. The summed E-state index contributed by atoms with van der Waals surface area (Å²) < 4.78 is 13.0. The summed E-state index contributed by atoms with van der Waals surface area (Å²) in [6, 6.07) is 10.5. The first-order chi connectivity index (χ1) is 8.97. The molecule has 0 fully saturated rings. The lowest BCUT2D eigenvalue weighted by molar-refractivity contribution is 0.625. The Kier molecular flexibility index (Phi) is 4.23. The number of nitrogens with two attached hydrogens (primary N) is 1. The Hall–Kier alpha value is -1.38. The van der Waals surface area contributed by atoms with Gasteiger partial charge in [-0.2, -0.15) is 0 Å². The van der Waals surface area contributed by atoms with Gasteiger partial charge in [-0.15, -0.1) is 0 Å². The maximum atomic E-state index is 13.0. The van der Waals surface area contributed by atoms with E-state index in [-0.39, 0.29) is 11.9 Å². The van der Waals surface area contributed by atoms with E-state index in [4.69, 9.17) is 17.3 Å². The molecular weight excluding hydrogens is 261 g/mol. The van der Waals surface area contributed by atoms with Crippen LogP contribution < -0.4 is 5.73 Å². The van der Waals surface area contributed by atoms with Crippen molar-refractivity contribution in [2.75, 3.05) is 0 Å². The highest BCUT2D eigenvalue weighted by molar-refractivity contribution is 6.31. The topological polar surface area (TPSA) is 26.0 Å². The third-order valence-electron chi connectivity index (χ3n) is 3.28. The quantitative estimate of drug-likeness (QED) is 0.887. The highest BCUT2D eigenvalue weighted by atomic mass is 35.5. The van der Waals surface area contributed by atoms with Crippen LogP contribution in [-0.4, -0.2) is 0 Å². The first-order valence-corrected chi connectivity index (χ1v) is 6.62. The van der Waals surface area contributed by atoms with E-state index in [0.717, 1.165) is 11.1 Å². The van der Waals surface area contributed by atoms with E-state index in [0.29, 0.717) is 11.4 Å². The normalized spacial score (nSPS) is 12.5. The summed E-state index contributed by atoms with van der Waals surface area (Å²) in [5, 5.41) is 0.431. The molecule has 0 spiro atoms. The number of hydrogen-bond acceptors (Lipinski definition) is 1. The Morgan fingerprint density at radius 1 is 1.16 bits per heavy atom. The van der Waals surface area contributed by atoms with Crippen LogP contribution in [0.15, 0.2) is 36.4 Å². The summed E-state index contributed by atoms with van der Waals surface area (Å²) in [6.07, 6.45) is 0.600. The molecule has 0 aliphatic heterocycles. The monoisotopic (exact) mass is 277 g/mol. The molecule has 3 heteroatoms. The van der Waals surface area contributed by atoms with Crippen LogP contribution in [0, 0.1) is 19.7 Å². The van der Waals surface area contributed by atoms with E-state index < -0.39 is 0 Å². The molecule has 0 radical (unpaired) electrons. The summed E-state index contributed by atoms with van der Waals surface area (Å²) in [6.45, 7) is 4.10. The van der Waals surface area contributed by atoms with E-state index in [2.05, 4.69) is 26.0 Å². The summed E-state index contributed by atoms with van der Waals surface area (Å²) in [4.78, 5) is 0. The molecule has 19 heavy (non-hydrogen) atoms. The molecular formula is C16H17ClFN. The van der Waals surface area contributed by atoms with Crippen LogP contribution in [0.5, 0.6) is 0 Å². The number of hydrogen-bond donors (Lipinski definition) is 1. The van der Waals surface area contributed by atoms with Gasteiger partial charge < -0.3 is 5.73 Å². The average molecular weight is 278 g/mol. The van der Waals surface area contributed by atoms with E-state index in [9.17, 15) is 4.39 Å². The summed E-state index contributed by atoms with van der Waals surface area (Å²) in [5.41, 5.74) is 10.6. The van der Waals surface area contributed by atoms with Gasteiger partial charge in [-0.3, -0.25) is 0 Å². The van der Waals surface area contributed by atoms with Gasteiger partial charge in [0.2, 0.25) is 0 Å². The Bertz CT molecular complexity index is 595. The number of halogens is 2. The average Bonchev–Trinajstić information content (AvgIpc) is 2.32. The molecule has 1 atom stereocenters. The van der Waals surface area contributed by atoms with Gasteiger partial charge in [0.15, 0.2) is 0 Å². The lowest BCUT2D eigenvalue weighted by Crippen LogP contribution is -2.15. The van der Waals surface area contributed by atoms with Crippen molar-refractivity contribution >= 4 is 11.6 Å². The fourth-order valence-electron chi connectivity index (χ4n) is 2.28. The Balaban J connectivity index is 2.23. The summed E-state index contributed by atoms with van der Waals surface area (Å²) >= 11 is 6.03. The molecule has 1 unspecified atom stereocenters. The van der Waals surface area contributed by atoms with Crippen LogP contribution in [0.1, 0.15) is 28.3 Å². The van der Waals surface area contributed by atoms with Gasteiger partial charge in [0.25, 0.3) is 0 Å². The van der Waals surface area contributed by atoms with Gasteiger partial charge in [0.05, 0.1) is 0 Å². The Labute approximate surface area is 118 Å². The predicted molar refractivity (Wildman–Crippen MR) is 78.0 cm³/mol. The summed E-state index contributed by atoms with van der Waals surface area (Å²) in [5.74, 6) is -0.325. The van der Waals surface area contributed by atoms with Gasteiger partial charge in [-0.05, 0) is 49.1 Å². The van der Waals surface area contributed by atoms with Gasteiger partial charge in [-0.25, -0.2) is 4.39 Å². The van der Waals surface area contributed by atoms with Crippen molar-refractivity contribution in [3.8, 4) is 0 Å². The van der Waals surface area contributed by atoms with E-state index in [1.807, 2.05) is 6.07 Å². The van der Waals surface area contributed by atoms with Gasteiger partial charge >= 0.3 is 0 Å². The molecule has 0 aliphatic rings. The molecule has 2 rings (SSSR count). The molecule has 0 bridgehead atoms. The second-order valence-corrected chi connectivity index (χ2v) is 5.31. The fraction of sp³-hybridized carbons (Fsp3) is 0.250. The fourth-order valence-corrected chi connectivity index (χ4v) is 2.52. The number of rotatable bonds is 3. The van der Waals surface area contributed by atoms with Crippen LogP contribution in [0.4, 0.5) is 4.39 Å². The van der Waals surface area contributed by atoms with Crippen LogP contribution in [0.3, 0.4) is 0 Å². The minimum Gasteiger partial charge on any atom is -0.324 e. The Morgan fingerprint density at radius 2 is 1.89 bits per heavy atom. The molecule has 2 aromatic carbocycles. The smallest absolute Gasteiger partial charge is 0.124 e. The molecule has 2 N–H and O–H groups in total. The SMILES string of the molecule is Cc1ccc(C(N)Cc2ccc(F)cc2Cl)c(C)c1. The van der Waals surface area contributed by atoms with E-state index in [1.165, 1.54) is 23.3 Å². The maximum Gasteiger partial charge on any atom is 0.124 e. The first kappa shape index (κ1) is 14.0. The van der Waals surface area contributed by atoms with Crippen LogP contribution >= 0.6 is 11.6 Å². The highest BCUT2D eigenvalue weighted by Gasteiger charge is 2.12. The van der Waals surface area contributed by atoms with Crippen molar-refractivity contribution < 1.29 is 4.39 Å². The molecule has 0 heterocycles. The van der Waals surface area contributed by atoms with Crippen molar-refractivity contribution in [2.45, 2.75) is 26.3 Å². The molecule has 0 saturated heterocycles. The first-order valence-electron chi connectivity index (χ1n) is 6.24. The molecule has 0 aliphatic carbocycles. The van der Waals surface area contributed by atoms with Crippen LogP contribution in [0.2, 0.25) is 5.02 Å². The molecule has 1 nitrogen and oxygen atoms in total. The van der Waals surface area contributed by atoms with Crippen molar-refractivity contribution in [3.05, 3.63) is 69.5 Å². The lowest BCUT2D eigenvalue weighted by atomic mass is 9.95. The van der Waals surface area contributed by atoms with E-state index >= 15 is 0 Å². The standard InChI is InChI=1S/C16H17ClFN/c1-10-3-6-14(11(2)7-10)16(19)8-12-4-5-13(18)9-15(12)17/h3-7,9,16H,8,19H2,1-2H3. The lowest BCUT2D eigenvalue weighted by Gasteiger charge is -2.16. The molecule has 0 aromatic heterocycles. The maximum absolute atomic E-state index is 13.0. The molecule has 100 valence electrons. The molecule has 0 saturated carbocycles. The number of aryl methyl sites for hydroxylation is 2. The minimum absolute atomic E-state index is 0.136. The van der Waals surface area contributed by atoms with Crippen molar-refractivity contribution in [2.24, 2.45) is 5.73 Å². The van der Waals surface area contributed by atoms with Gasteiger partial charge in [0.1, 0.15) is 5.82 Å². The van der Waals surface area contributed by atoms with Gasteiger partial charge in [-0.1, -0.05) is 41.4 Å². The van der Waals surface area contributed by atoms with Crippen LogP contribution in [0.25, 0.3) is 0 Å². The zero-order valence-corrected chi connectivity index (χ0v) is 11.8. The second kappa shape index (κ2) is 5.72. The predicted octanol–water partition coefficient (Wildman–Crippen LogP) is 4.34. The Morgan fingerprint density at radius 3 is 2.53 bits per heavy atom. The third kappa shape index (κ3) is 3.34. The molecule has 2 aromatic rings. The van der Waals surface area contributed by atoms with Crippen molar-refractivity contribution in [1.29, 1.82) is 0 Å². The highest BCUT2D eigenvalue weighted by Crippen LogP contribution is 2.25. The zero-order chi connectivity index (χ0) is 14.0. The molecule has 0 amide bonds. The second-order valence-electron chi connectivity index (χ2n) is 4.91. The summed E-state index contributed by atoms with van der Waals surface area (Å²) in [7, 11) is 0. The van der Waals surface area contributed by atoms with Crippen molar-refractivity contribution in [3.63, 3.8) is 0 Å². The van der Waals surface area contributed by atoms with Crippen LogP contribution in [-0.2, 0) is 6.42 Å². The van der Waals surface area contributed by atoms with Gasteiger partial charge in [0, 0.05) is 11.1 Å². The third-order valence-corrected chi connectivity index (χ3v) is 3.63. The largest absolute Gasteiger partial charge is 0.324 e. The zero-order valence-electron chi connectivity index (χ0n) is 11.1. The van der Waals surface area contributed by atoms with Crippen molar-refractivity contribution in [1.82, 2.24) is 0 Å². The van der Waals surface area contributed by atoms with E-state index in [1.54, 1.807) is 6.07 Å².